The van der Waals surface area contributed by atoms with E-state index >= 15 is 0 Å². The molecule has 7 nitrogen and oxygen atoms in total. The monoisotopic (exact) mass is 450 g/mol. The van der Waals surface area contributed by atoms with Crippen molar-refractivity contribution in [2.45, 2.75) is 11.3 Å². The maximum absolute atomic E-state index is 12.8. The predicted molar refractivity (Wildman–Crippen MR) is 103 cm³/mol. The third-order valence-electron chi connectivity index (χ3n) is 4.65. The Hall–Kier alpha value is -2.96. The third-order valence-corrected chi connectivity index (χ3v) is 5.81. The summed E-state index contributed by atoms with van der Waals surface area (Å²) in [5.41, 5.74) is 0.270. The zero-order valence-corrected chi connectivity index (χ0v) is 16.4. The zero-order chi connectivity index (χ0) is 22.2. The fraction of sp³-hybridized carbons (Fsp3) is 0.294. The van der Waals surface area contributed by atoms with Crippen LogP contribution in [-0.2, 0) is 11.2 Å². The number of amides is 1. The van der Waals surface area contributed by atoms with Crippen LogP contribution in [0.4, 0.5) is 25.2 Å². The SMILES string of the molecule is N=Cn1nc(N2CCN(C(=O)Cc3ccc(S(F)(F)(F)(F)F)cc3)CC2)ccc1=N. The Bertz CT molecular complexity index is 1030. The van der Waals surface area contributed by atoms with Crippen molar-refractivity contribution in [3.8, 4) is 0 Å². The van der Waals surface area contributed by atoms with Crippen molar-refractivity contribution in [2.24, 2.45) is 0 Å². The van der Waals surface area contributed by atoms with E-state index in [-0.39, 0.29) is 23.4 Å². The van der Waals surface area contributed by atoms with Crippen molar-refractivity contribution >= 4 is 28.3 Å². The van der Waals surface area contributed by atoms with Crippen LogP contribution in [0.15, 0.2) is 41.3 Å². The molecule has 1 amide bonds. The van der Waals surface area contributed by atoms with Crippen LogP contribution in [-0.4, -0.2) is 53.1 Å². The molecule has 0 radical (unpaired) electrons. The number of carbonyl (C=O) groups is 1. The summed E-state index contributed by atoms with van der Waals surface area (Å²) in [4.78, 5) is 13.9. The number of carbonyl (C=O) groups excluding carboxylic acids is 1. The molecule has 2 N–H and O–H groups in total. The van der Waals surface area contributed by atoms with E-state index in [4.69, 9.17) is 10.8 Å². The number of nitrogens with one attached hydrogen (secondary N) is 2. The van der Waals surface area contributed by atoms with Gasteiger partial charge in [-0.05, 0) is 29.8 Å². The average molecular weight is 450 g/mol. The van der Waals surface area contributed by atoms with Gasteiger partial charge in [0, 0.05) is 26.2 Å². The van der Waals surface area contributed by atoms with E-state index in [2.05, 4.69) is 5.10 Å². The number of halogens is 5. The lowest BCUT2D eigenvalue weighted by atomic mass is 10.1. The number of hydrogen-bond donors (Lipinski definition) is 2. The molecular formula is C17H19F5N6OS. The number of hydrogen-bond acceptors (Lipinski definition) is 5. The smallest absolute Gasteiger partial charge is 0.310 e. The van der Waals surface area contributed by atoms with E-state index in [0.29, 0.717) is 44.1 Å². The Morgan fingerprint density at radius 2 is 1.60 bits per heavy atom. The van der Waals surface area contributed by atoms with Crippen molar-refractivity contribution in [3.63, 3.8) is 0 Å². The summed E-state index contributed by atoms with van der Waals surface area (Å²) < 4.78 is 64.9. The van der Waals surface area contributed by atoms with Crippen LogP contribution in [0.25, 0.3) is 0 Å². The minimum atomic E-state index is -9.72. The highest BCUT2D eigenvalue weighted by Crippen LogP contribution is 3.02. The lowest BCUT2D eigenvalue weighted by Gasteiger charge is -2.40. The summed E-state index contributed by atoms with van der Waals surface area (Å²) in [6, 6.07) is 5.54. The second kappa shape index (κ2) is 6.79. The summed E-state index contributed by atoms with van der Waals surface area (Å²) >= 11 is 0. The number of aromatic nitrogens is 2. The highest BCUT2D eigenvalue weighted by Gasteiger charge is 2.65. The van der Waals surface area contributed by atoms with Crippen LogP contribution in [0.1, 0.15) is 5.56 Å². The van der Waals surface area contributed by atoms with E-state index in [1.54, 1.807) is 11.0 Å². The van der Waals surface area contributed by atoms with Gasteiger partial charge in [-0.15, -0.1) is 5.10 Å². The van der Waals surface area contributed by atoms with E-state index in [0.717, 1.165) is 23.2 Å². The van der Waals surface area contributed by atoms with Gasteiger partial charge in [0.15, 0.2) is 0 Å². The highest BCUT2D eigenvalue weighted by molar-refractivity contribution is 8.45. The summed E-state index contributed by atoms with van der Waals surface area (Å²) in [6.45, 7) is 1.57. The number of anilines is 1. The van der Waals surface area contributed by atoms with Crippen LogP contribution in [0.3, 0.4) is 0 Å². The predicted octanol–water partition coefficient (Wildman–Crippen LogP) is 3.37. The molecule has 0 atom stereocenters. The Morgan fingerprint density at radius 3 is 2.13 bits per heavy atom. The molecule has 0 saturated carbocycles. The lowest BCUT2D eigenvalue weighted by molar-refractivity contribution is -0.130. The fourth-order valence-corrected chi connectivity index (χ4v) is 3.68. The maximum Gasteiger partial charge on any atom is 0.310 e. The molecule has 1 aromatic heterocycles. The summed E-state index contributed by atoms with van der Waals surface area (Å²) in [5, 5.41) is 19.0. The van der Waals surface area contributed by atoms with Crippen molar-refractivity contribution in [3.05, 3.63) is 47.4 Å². The quantitative estimate of drug-likeness (QED) is 0.416. The van der Waals surface area contributed by atoms with Gasteiger partial charge in [0.05, 0.1) is 6.42 Å². The first-order valence-corrected chi connectivity index (χ1v) is 10.7. The van der Waals surface area contributed by atoms with E-state index in [1.165, 1.54) is 6.07 Å². The molecule has 1 aliphatic rings. The molecule has 0 aliphatic carbocycles. The van der Waals surface area contributed by atoms with Gasteiger partial charge in [-0.25, -0.2) is 4.68 Å². The Morgan fingerprint density at radius 1 is 1.00 bits per heavy atom. The molecular weight excluding hydrogens is 431 g/mol. The molecule has 2 heterocycles. The number of rotatable bonds is 5. The first-order valence-electron chi connectivity index (χ1n) is 8.78. The van der Waals surface area contributed by atoms with Crippen LogP contribution in [0.2, 0.25) is 0 Å². The molecule has 0 unspecified atom stereocenters. The summed E-state index contributed by atoms with van der Waals surface area (Å²) in [6.07, 6.45) is 0.716. The molecule has 1 fully saturated rings. The van der Waals surface area contributed by atoms with Crippen molar-refractivity contribution in [2.75, 3.05) is 31.1 Å². The number of benzene rings is 1. The van der Waals surface area contributed by atoms with Gasteiger partial charge in [0.25, 0.3) is 0 Å². The van der Waals surface area contributed by atoms with Gasteiger partial charge in [-0.3, -0.25) is 15.6 Å². The molecule has 1 aromatic carbocycles. The van der Waals surface area contributed by atoms with Gasteiger partial charge in [0.1, 0.15) is 22.5 Å². The second-order valence-corrected chi connectivity index (χ2v) is 9.22. The summed E-state index contributed by atoms with van der Waals surface area (Å²) in [7, 11) is -9.72. The molecule has 1 saturated heterocycles. The largest absolute Gasteiger partial charge is 0.352 e. The Balaban J connectivity index is 1.61. The fourth-order valence-electron chi connectivity index (χ4n) is 3.03. The maximum atomic E-state index is 12.8. The second-order valence-electron chi connectivity index (χ2n) is 6.81. The third kappa shape index (κ3) is 4.96. The van der Waals surface area contributed by atoms with Crippen LogP contribution < -0.4 is 10.4 Å². The number of piperazine rings is 1. The molecule has 30 heavy (non-hydrogen) atoms. The summed E-state index contributed by atoms with van der Waals surface area (Å²) in [5.74, 6) is 0.229. The molecule has 164 valence electrons. The standard InChI is InChI=1S/C17H19F5N6OS/c18-30(19,20,21,22)14-3-1-13(2-4-14)11-17(29)27-9-7-26(8-10-27)16-6-5-15(24)28(12-23)25-16/h1-6,12,23-24H,7-11H2. The van der Waals surface area contributed by atoms with Gasteiger partial charge in [-0.1, -0.05) is 31.6 Å². The van der Waals surface area contributed by atoms with E-state index < -0.39 is 15.1 Å². The van der Waals surface area contributed by atoms with Gasteiger partial charge in [0.2, 0.25) is 5.91 Å². The Kier molecular flexibility index (Phi) is 4.92. The van der Waals surface area contributed by atoms with Gasteiger partial charge < -0.3 is 9.80 Å². The van der Waals surface area contributed by atoms with Crippen molar-refractivity contribution in [1.29, 1.82) is 10.8 Å². The first-order chi connectivity index (χ1) is 13.8. The van der Waals surface area contributed by atoms with Crippen molar-refractivity contribution in [1.82, 2.24) is 14.7 Å². The molecule has 2 aromatic rings. The minimum Gasteiger partial charge on any atom is -0.352 e. The van der Waals surface area contributed by atoms with Crippen LogP contribution in [0.5, 0.6) is 0 Å². The van der Waals surface area contributed by atoms with E-state index in [9.17, 15) is 24.2 Å². The van der Waals surface area contributed by atoms with Crippen LogP contribution >= 0.6 is 10.2 Å². The number of nitrogens with zero attached hydrogens (tertiary/aromatic N) is 4. The zero-order valence-electron chi connectivity index (χ0n) is 15.6. The first kappa shape index (κ1) is 21.7. The lowest BCUT2D eigenvalue weighted by Crippen LogP contribution is -2.49. The normalized spacial score (nSPS) is 17.2. The van der Waals surface area contributed by atoms with Crippen LogP contribution in [0, 0.1) is 10.8 Å². The van der Waals surface area contributed by atoms with Gasteiger partial charge >= 0.3 is 10.2 Å². The Labute approximate surface area is 168 Å². The molecule has 0 bridgehead atoms. The van der Waals surface area contributed by atoms with Crippen molar-refractivity contribution < 1.29 is 24.2 Å². The molecule has 0 spiro atoms. The highest BCUT2D eigenvalue weighted by atomic mass is 32.5. The molecule has 1 aliphatic heterocycles. The minimum absolute atomic E-state index is 0.0544. The average Bonchev–Trinajstić information content (AvgIpc) is 2.67. The molecule has 13 heteroatoms. The topological polar surface area (TPSA) is 89.1 Å². The van der Waals surface area contributed by atoms with E-state index in [1.807, 2.05) is 4.90 Å². The molecule has 3 rings (SSSR count). The van der Waals surface area contributed by atoms with Gasteiger partial charge in [-0.2, -0.15) is 0 Å².